The summed E-state index contributed by atoms with van der Waals surface area (Å²) in [6, 6.07) is 0.516. The number of amides is 2. The summed E-state index contributed by atoms with van der Waals surface area (Å²) in [5.41, 5.74) is 0. The average molecular weight is 279 g/mol. The Kier molecular flexibility index (Phi) is 4.24. The van der Waals surface area contributed by atoms with Crippen molar-refractivity contribution in [3.05, 3.63) is 0 Å². The molecule has 3 rings (SSSR count). The molecule has 2 heterocycles. The smallest absolute Gasteiger partial charge is 0.225 e. The molecule has 1 aliphatic carbocycles. The quantitative estimate of drug-likeness (QED) is 0.776. The number of hydrogen-bond donors (Lipinski definition) is 2. The second kappa shape index (κ2) is 6.12. The van der Waals surface area contributed by atoms with Gasteiger partial charge in [0.2, 0.25) is 11.8 Å². The van der Waals surface area contributed by atoms with E-state index >= 15 is 0 Å². The summed E-state index contributed by atoms with van der Waals surface area (Å²) in [6.45, 7) is 2.89. The number of nitrogens with one attached hydrogen (secondary N) is 2. The Morgan fingerprint density at radius 2 is 2.00 bits per heavy atom. The molecule has 0 bridgehead atoms. The minimum atomic E-state index is 0.0450. The Labute approximate surface area is 120 Å². The molecule has 3 fully saturated rings. The van der Waals surface area contributed by atoms with Gasteiger partial charge in [-0.15, -0.1) is 0 Å². The Balaban J connectivity index is 1.37. The number of nitrogens with zero attached hydrogens (tertiary/aromatic N) is 1. The zero-order valence-electron chi connectivity index (χ0n) is 12.1. The monoisotopic (exact) mass is 279 g/mol. The van der Waals surface area contributed by atoms with Gasteiger partial charge in [0.1, 0.15) is 0 Å². The Morgan fingerprint density at radius 3 is 2.70 bits per heavy atom. The molecule has 1 unspecified atom stereocenters. The van der Waals surface area contributed by atoms with Crippen LogP contribution in [0.5, 0.6) is 0 Å². The molecule has 0 spiro atoms. The van der Waals surface area contributed by atoms with Crippen LogP contribution in [0.4, 0.5) is 0 Å². The predicted molar refractivity (Wildman–Crippen MR) is 76.1 cm³/mol. The van der Waals surface area contributed by atoms with Gasteiger partial charge in [0.15, 0.2) is 0 Å². The lowest BCUT2D eigenvalue weighted by atomic mass is 9.93. The summed E-state index contributed by atoms with van der Waals surface area (Å²) in [5.74, 6) is 1.03. The van der Waals surface area contributed by atoms with Gasteiger partial charge in [-0.25, -0.2) is 0 Å². The fraction of sp³-hybridized carbons (Fsp3) is 0.867. The van der Waals surface area contributed by atoms with Crippen LogP contribution >= 0.6 is 0 Å². The second-order valence-corrected chi connectivity index (χ2v) is 6.48. The number of likely N-dealkylation sites (tertiary alicyclic amines) is 1. The van der Waals surface area contributed by atoms with Crippen molar-refractivity contribution in [1.29, 1.82) is 0 Å². The average Bonchev–Trinajstić information content (AvgIpc) is 3.22. The van der Waals surface area contributed by atoms with Gasteiger partial charge in [0.05, 0.1) is 6.04 Å². The van der Waals surface area contributed by atoms with E-state index in [0.29, 0.717) is 24.8 Å². The first kappa shape index (κ1) is 13.9. The normalized spacial score (nSPS) is 27.9. The van der Waals surface area contributed by atoms with Crippen molar-refractivity contribution in [3.63, 3.8) is 0 Å². The van der Waals surface area contributed by atoms with Crippen molar-refractivity contribution in [2.45, 2.75) is 57.0 Å². The Hall–Kier alpha value is -1.10. The van der Waals surface area contributed by atoms with Crippen LogP contribution in [0.25, 0.3) is 0 Å². The van der Waals surface area contributed by atoms with E-state index in [1.807, 2.05) is 4.90 Å². The van der Waals surface area contributed by atoms with Crippen LogP contribution < -0.4 is 10.6 Å². The van der Waals surface area contributed by atoms with Gasteiger partial charge in [-0.3, -0.25) is 9.59 Å². The van der Waals surface area contributed by atoms with E-state index in [2.05, 4.69) is 10.6 Å². The molecule has 1 atom stereocenters. The van der Waals surface area contributed by atoms with Crippen LogP contribution in [0.15, 0.2) is 0 Å². The maximum atomic E-state index is 12.0. The maximum absolute atomic E-state index is 12.0. The van der Waals surface area contributed by atoms with Gasteiger partial charge in [-0.1, -0.05) is 0 Å². The molecule has 5 heteroatoms. The predicted octanol–water partition coefficient (Wildman–Crippen LogP) is 0.646. The molecular weight excluding hydrogens is 254 g/mol. The highest BCUT2D eigenvalue weighted by Crippen LogP contribution is 2.30. The van der Waals surface area contributed by atoms with Crippen molar-refractivity contribution in [2.75, 3.05) is 19.6 Å². The first-order valence-corrected chi connectivity index (χ1v) is 8.02. The molecule has 2 aliphatic heterocycles. The largest absolute Gasteiger partial charge is 0.351 e. The molecule has 2 N–H and O–H groups in total. The SMILES string of the molecule is O=C(CCC1CCNCC1)NC1CC(=O)N(C2CC2)C1. The molecule has 2 saturated heterocycles. The number of rotatable bonds is 5. The van der Waals surface area contributed by atoms with Crippen molar-refractivity contribution in [1.82, 2.24) is 15.5 Å². The van der Waals surface area contributed by atoms with Crippen LogP contribution in [-0.4, -0.2) is 48.4 Å². The van der Waals surface area contributed by atoms with Gasteiger partial charge >= 0.3 is 0 Å². The molecule has 0 aromatic rings. The van der Waals surface area contributed by atoms with Crippen LogP contribution in [-0.2, 0) is 9.59 Å². The zero-order valence-corrected chi connectivity index (χ0v) is 12.1. The van der Waals surface area contributed by atoms with Gasteiger partial charge < -0.3 is 15.5 Å². The van der Waals surface area contributed by atoms with Crippen LogP contribution in [0.1, 0.15) is 44.9 Å². The van der Waals surface area contributed by atoms with Gasteiger partial charge in [-0.05, 0) is 51.1 Å². The molecule has 0 radical (unpaired) electrons. The van der Waals surface area contributed by atoms with E-state index in [0.717, 1.165) is 38.9 Å². The summed E-state index contributed by atoms with van der Waals surface area (Å²) in [7, 11) is 0. The van der Waals surface area contributed by atoms with Gasteiger partial charge in [-0.2, -0.15) is 0 Å². The fourth-order valence-corrected chi connectivity index (χ4v) is 3.37. The lowest BCUT2D eigenvalue weighted by molar-refractivity contribution is -0.128. The molecule has 2 amide bonds. The molecule has 0 aromatic carbocycles. The summed E-state index contributed by atoms with van der Waals surface area (Å²) in [6.07, 6.45) is 6.74. The van der Waals surface area contributed by atoms with Crippen molar-refractivity contribution >= 4 is 11.8 Å². The van der Waals surface area contributed by atoms with Gasteiger partial charge in [0.25, 0.3) is 0 Å². The van der Waals surface area contributed by atoms with Crippen molar-refractivity contribution < 1.29 is 9.59 Å². The minimum absolute atomic E-state index is 0.0450. The third kappa shape index (κ3) is 3.51. The summed E-state index contributed by atoms with van der Waals surface area (Å²) >= 11 is 0. The van der Waals surface area contributed by atoms with E-state index in [1.54, 1.807) is 0 Å². The van der Waals surface area contributed by atoms with Crippen LogP contribution in [0, 0.1) is 5.92 Å². The van der Waals surface area contributed by atoms with Crippen LogP contribution in [0.2, 0.25) is 0 Å². The highest BCUT2D eigenvalue weighted by molar-refractivity contribution is 5.82. The molecule has 3 aliphatic rings. The number of carbonyl (C=O) groups is 2. The van der Waals surface area contributed by atoms with Crippen molar-refractivity contribution in [3.8, 4) is 0 Å². The lowest BCUT2D eigenvalue weighted by Gasteiger charge is -2.22. The topological polar surface area (TPSA) is 61.4 Å². The fourth-order valence-electron chi connectivity index (χ4n) is 3.37. The highest BCUT2D eigenvalue weighted by atomic mass is 16.2. The van der Waals surface area contributed by atoms with E-state index in [-0.39, 0.29) is 17.9 Å². The first-order valence-electron chi connectivity index (χ1n) is 8.02. The number of hydrogen-bond acceptors (Lipinski definition) is 3. The highest BCUT2D eigenvalue weighted by Gasteiger charge is 2.39. The third-order valence-corrected chi connectivity index (χ3v) is 4.75. The third-order valence-electron chi connectivity index (χ3n) is 4.75. The molecule has 0 aromatic heterocycles. The molecule has 112 valence electrons. The summed E-state index contributed by atoms with van der Waals surface area (Å²) in [5, 5.41) is 6.39. The zero-order chi connectivity index (χ0) is 13.9. The lowest BCUT2D eigenvalue weighted by Crippen LogP contribution is -2.38. The van der Waals surface area contributed by atoms with E-state index < -0.39 is 0 Å². The Bertz CT molecular complexity index is 375. The summed E-state index contributed by atoms with van der Waals surface area (Å²) in [4.78, 5) is 25.8. The van der Waals surface area contributed by atoms with Crippen LogP contribution in [0.3, 0.4) is 0 Å². The molecular formula is C15H25N3O2. The number of carbonyl (C=O) groups excluding carboxylic acids is 2. The van der Waals surface area contributed by atoms with Crippen molar-refractivity contribution in [2.24, 2.45) is 5.92 Å². The second-order valence-electron chi connectivity index (χ2n) is 6.48. The maximum Gasteiger partial charge on any atom is 0.225 e. The number of piperidine rings is 1. The van der Waals surface area contributed by atoms with E-state index in [1.165, 1.54) is 12.8 Å². The van der Waals surface area contributed by atoms with E-state index in [9.17, 15) is 9.59 Å². The molecule has 20 heavy (non-hydrogen) atoms. The standard InChI is InChI=1S/C15H25N3O2/c19-14(4-1-11-5-7-16-8-6-11)17-12-9-15(20)18(10-12)13-2-3-13/h11-13,16H,1-10H2,(H,17,19). The summed E-state index contributed by atoms with van der Waals surface area (Å²) < 4.78 is 0. The van der Waals surface area contributed by atoms with Gasteiger partial charge in [0, 0.05) is 25.4 Å². The Morgan fingerprint density at radius 1 is 1.25 bits per heavy atom. The molecule has 5 nitrogen and oxygen atoms in total. The van der Waals surface area contributed by atoms with E-state index in [4.69, 9.17) is 0 Å². The minimum Gasteiger partial charge on any atom is -0.351 e. The first-order chi connectivity index (χ1) is 9.72. The molecule has 1 saturated carbocycles.